The van der Waals surface area contributed by atoms with Crippen molar-refractivity contribution in [3.63, 3.8) is 0 Å². The van der Waals surface area contributed by atoms with Crippen LogP contribution in [0.15, 0.2) is 0 Å². The molecule has 122 valence electrons. The normalized spacial score (nSPS) is 13.0. The molecule has 21 heavy (non-hydrogen) atoms. The van der Waals surface area contributed by atoms with E-state index in [1.807, 2.05) is 0 Å². The van der Waals surface area contributed by atoms with E-state index in [4.69, 9.17) is 20.9 Å². The van der Waals surface area contributed by atoms with Crippen molar-refractivity contribution in [3.8, 4) is 0 Å². The quantitative estimate of drug-likeness (QED) is 0.374. The van der Waals surface area contributed by atoms with Gasteiger partial charge in [-0.05, 0) is 41.5 Å². The van der Waals surface area contributed by atoms with Crippen molar-refractivity contribution in [3.05, 3.63) is 0 Å². The van der Waals surface area contributed by atoms with Gasteiger partial charge in [0.1, 0.15) is 11.2 Å². The molecule has 0 saturated carbocycles. The van der Waals surface area contributed by atoms with Gasteiger partial charge in [0.25, 0.3) is 5.41 Å². The SMILES string of the molecule is CC(C)(C)OC(=O)C(C(=O)O)(C(=O)OC(C)(C)C)C(N)N. The number of rotatable bonds is 4. The van der Waals surface area contributed by atoms with Crippen molar-refractivity contribution in [1.82, 2.24) is 0 Å². The number of carbonyl (C=O) groups is 3. The van der Waals surface area contributed by atoms with Crippen molar-refractivity contribution in [1.29, 1.82) is 0 Å². The van der Waals surface area contributed by atoms with Gasteiger partial charge in [-0.3, -0.25) is 14.4 Å². The number of carbonyl (C=O) groups excluding carboxylic acids is 2. The molecular weight excluding hydrogens is 280 g/mol. The van der Waals surface area contributed by atoms with E-state index in [-0.39, 0.29) is 0 Å². The summed E-state index contributed by atoms with van der Waals surface area (Å²) in [5.41, 5.74) is 5.96. The summed E-state index contributed by atoms with van der Waals surface area (Å²) < 4.78 is 9.96. The Kier molecular flexibility index (Phi) is 5.51. The monoisotopic (exact) mass is 304 g/mol. The largest absolute Gasteiger partial charge is 0.480 e. The number of carboxylic acids is 1. The Labute approximate surface area is 123 Å². The molecule has 5 N–H and O–H groups in total. The molecule has 0 fully saturated rings. The lowest BCUT2D eigenvalue weighted by molar-refractivity contribution is -0.193. The van der Waals surface area contributed by atoms with Crippen LogP contribution in [0, 0.1) is 5.41 Å². The van der Waals surface area contributed by atoms with E-state index in [0.29, 0.717) is 0 Å². The number of carboxylic acid groups (broad SMARTS) is 1. The maximum absolute atomic E-state index is 12.2. The topological polar surface area (TPSA) is 142 Å². The zero-order valence-electron chi connectivity index (χ0n) is 13.2. The molecule has 0 heterocycles. The van der Waals surface area contributed by atoms with Crippen LogP contribution in [0.5, 0.6) is 0 Å². The van der Waals surface area contributed by atoms with E-state index in [9.17, 15) is 19.5 Å². The maximum Gasteiger partial charge on any atom is 0.338 e. The van der Waals surface area contributed by atoms with Crippen molar-refractivity contribution in [2.45, 2.75) is 58.9 Å². The van der Waals surface area contributed by atoms with Crippen LogP contribution in [-0.2, 0) is 23.9 Å². The molecule has 0 aliphatic carbocycles. The second kappa shape index (κ2) is 5.98. The molecule has 0 rings (SSSR count). The van der Waals surface area contributed by atoms with Gasteiger partial charge in [0.05, 0.1) is 6.17 Å². The molecule has 0 aliphatic heterocycles. The Morgan fingerprint density at radius 3 is 1.29 bits per heavy atom. The molecule has 0 bridgehead atoms. The Bertz CT molecular complexity index is 403. The van der Waals surface area contributed by atoms with Gasteiger partial charge in [0.2, 0.25) is 0 Å². The summed E-state index contributed by atoms with van der Waals surface area (Å²) in [5, 5.41) is 9.37. The lowest BCUT2D eigenvalue weighted by atomic mass is 9.84. The van der Waals surface area contributed by atoms with Gasteiger partial charge in [-0.1, -0.05) is 0 Å². The summed E-state index contributed by atoms with van der Waals surface area (Å²) in [6.07, 6.45) is -1.82. The first kappa shape index (κ1) is 19.3. The van der Waals surface area contributed by atoms with Crippen LogP contribution < -0.4 is 11.5 Å². The highest BCUT2D eigenvalue weighted by Gasteiger charge is 2.61. The molecule has 8 heteroatoms. The third-order valence-electron chi connectivity index (χ3n) is 2.28. The minimum absolute atomic E-state index is 1.02. The third kappa shape index (κ3) is 4.68. The van der Waals surface area contributed by atoms with Gasteiger partial charge < -0.3 is 26.0 Å². The van der Waals surface area contributed by atoms with E-state index >= 15 is 0 Å². The summed E-state index contributed by atoms with van der Waals surface area (Å²) in [6, 6.07) is 0. The summed E-state index contributed by atoms with van der Waals surface area (Å²) in [5.74, 6) is -4.53. The lowest BCUT2D eigenvalue weighted by Crippen LogP contribution is -2.64. The minimum atomic E-state index is -2.82. The van der Waals surface area contributed by atoms with Crippen LogP contribution in [0.3, 0.4) is 0 Å². The average Bonchev–Trinajstić information content (AvgIpc) is 2.09. The van der Waals surface area contributed by atoms with Crippen molar-refractivity contribution in [2.75, 3.05) is 0 Å². The first-order chi connectivity index (χ1) is 9.14. The second-order valence-corrected chi connectivity index (χ2v) is 6.64. The Balaban J connectivity index is 5.85. The molecule has 0 aromatic rings. The van der Waals surface area contributed by atoms with Gasteiger partial charge in [0, 0.05) is 0 Å². The first-order valence-corrected chi connectivity index (χ1v) is 6.36. The first-order valence-electron chi connectivity index (χ1n) is 6.36. The maximum atomic E-state index is 12.2. The van der Waals surface area contributed by atoms with Crippen LogP contribution in [-0.4, -0.2) is 40.4 Å². The van der Waals surface area contributed by atoms with Gasteiger partial charge in [-0.25, -0.2) is 0 Å². The zero-order chi connectivity index (χ0) is 17.2. The molecule has 0 unspecified atom stereocenters. The predicted octanol–water partition coefficient (Wildman–Crippen LogP) is -0.0157. The Morgan fingerprint density at radius 2 is 1.14 bits per heavy atom. The summed E-state index contributed by atoms with van der Waals surface area (Å²) in [4.78, 5) is 36.0. The van der Waals surface area contributed by atoms with Crippen LogP contribution in [0.4, 0.5) is 0 Å². The highest BCUT2D eigenvalue weighted by Crippen LogP contribution is 2.28. The third-order valence-corrected chi connectivity index (χ3v) is 2.28. The predicted molar refractivity (Wildman–Crippen MR) is 73.9 cm³/mol. The Morgan fingerprint density at radius 1 is 0.857 bits per heavy atom. The number of esters is 2. The molecule has 0 saturated heterocycles. The van der Waals surface area contributed by atoms with Gasteiger partial charge in [-0.2, -0.15) is 0 Å². The van der Waals surface area contributed by atoms with E-state index < -0.39 is 40.7 Å². The van der Waals surface area contributed by atoms with Gasteiger partial charge in [-0.15, -0.1) is 0 Å². The number of hydrogen-bond acceptors (Lipinski definition) is 7. The molecule has 8 nitrogen and oxygen atoms in total. The van der Waals surface area contributed by atoms with Crippen molar-refractivity contribution < 1.29 is 29.0 Å². The summed E-state index contributed by atoms with van der Waals surface area (Å²) in [6.45, 7) is 9.13. The van der Waals surface area contributed by atoms with Crippen LogP contribution >= 0.6 is 0 Å². The molecule has 0 amide bonds. The van der Waals surface area contributed by atoms with Gasteiger partial charge in [0.15, 0.2) is 0 Å². The van der Waals surface area contributed by atoms with Crippen molar-refractivity contribution in [2.24, 2.45) is 16.9 Å². The fourth-order valence-electron chi connectivity index (χ4n) is 1.39. The molecule has 0 radical (unpaired) electrons. The fraction of sp³-hybridized carbons (Fsp3) is 0.769. The van der Waals surface area contributed by atoms with E-state index in [1.165, 1.54) is 41.5 Å². The van der Waals surface area contributed by atoms with Gasteiger partial charge >= 0.3 is 17.9 Å². The molecule has 0 atom stereocenters. The second-order valence-electron chi connectivity index (χ2n) is 6.64. The van der Waals surface area contributed by atoms with E-state index in [0.717, 1.165) is 0 Å². The Hall–Kier alpha value is -1.67. The van der Waals surface area contributed by atoms with E-state index in [1.54, 1.807) is 0 Å². The van der Waals surface area contributed by atoms with Crippen molar-refractivity contribution >= 4 is 17.9 Å². The van der Waals surface area contributed by atoms with E-state index in [2.05, 4.69) is 0 Å². The standard InChI is InChI=1S/C13H24N2O6/c1-11(2,3)20-9(18)13(7(14)15,8(16)17)10(19)21-12(4,5)6/h7H,14-15H2,1-6H3,(H,16,17). The smallest absolute Gasteiger partial charge is 0.338 e. The molecule has 0 aliphatic rings. The average molecular weight is 304 g/mol. The number of nitrogens with two attached hydrogens (primary N) is 2. The lowest BCUT2D eigenvalue weighted by Gasteiger charge is -2.33. The molecule has 0 aromatic carbocycles. The summed E-state index contributed by atoms with van der Waals surface area (Å²) >= 11 is 0. The minimum Gasteiger partial charge on any atom is -0.480 e. The highest BCUT2D eigenvalue weighted by atomic mass is 16.6. The van der Waals surface area contributed by atoms with Crippen LogP contribution in [0.2, 0.25) is 0 Å². The van der Waals surface area contributed by atoms with Crippen LogP contribution in [0.25, 0.3) is 0 Å². The number of hydrogen-bond donors (Lipinski definition) is 3. The summed E-state index contributed by atoms with van der Waals surface area (Å²) in [7, 11) is 0. The fourth-order valence-corrected chi connectivity index (χ4v) is 1.39. The zero-order valence-corrected chi connectivity index (χ0v) is 13.2. The highest BCUT2D eigenvalue weighted by molar-refractivity contribution is 6.18. The van der Waals surface area contributed by atoms with Crippen LogP contribution in [0.1, 0.15) is 41.5 Å². The number of aliphatic carboxylic acids is 1. The molecule has 0 spiro atoms. The number of ether oxygens (including phenoxy) is 2. The molecular formula is C13H24N2O6. The molecule has 0 aromatic heterocycles.